The molecule has 0 bridgehead atoms. The van der Waals surface area contributed by atoms with E-state index in [0.29, 0.717) is 27.5 Å². The molecular formula is C11H10Cl2N2O2. The number of aryl methyl sites for hydroxylation is 1. The first-order valence-electron chi connectivity index (χ1n) is 5.14. The van der Waals surface area contributed by atoms with Crippen LogP contribution in [0.3, 0.4) is 0 Å². The van der Waals surface area contributed by atoms with Crippen LogP contribution in [-0.2, 0) is 6.54 Å². The monoisotopic (exact) mass is 272 g/mol. The molecule has 17 heavy (non-hydrogen) atoms. The molecule has 0 spiro atoms. The fourth-order valence-corrected chi connectivity index (χ4v) is 2.30. The molecular weight excluding hydrogens is 263 g/mol. The molecule has 2 rings (SSSR count). The summed E-state index contributed by atoms with van der Waals surface area (Å²) in [7, 11) is 0. The van der Waals surface area contributed by atoms with Crippen molar-refractivity contribution in [1.29, 1.82) is 0 Å². The van der Waals surface area contributed by atoms with Crippen LogP contribution < -0.4 is 0 Å². The van der Waals surface area contributed by atoms with Gasteiger partial charge in [0.25, 0.3) is 0 Å². The predicted octanol–water partition coefficient (Wildman–Crippen LogP) is 4.46. The molecule has 0 amide bonds. The van der Waals surface area contributed by atoms with Crippen LogP contribution in [0.1, 0.15) is 13.3 Å². The second kappa shape index (κ2) is 4.55. The number of rotatable bonds is 3. The van der Waals surface area contributed by atoms with Crippen LogP contribution in [0.2, 0.25) is 10.0 Å². The van der Waals surface area contributed by atoms with E-state index in [9.17, 15) is 10.0 Å². The lowest BCUT2D eigenvalue weighted by atomic mass is 10.2. The van der Waals surface area contributed by atoms with Gasteiger partial charge in [-0.25, -0.2) is 0 Å². The molecule has 1 heterocycles. The summed E-state index contributed by atoms with van der Waals surface area (Å²) in [6.45, 7) is 2.50. The summed E-state index contributed by atoms with van der Waals surface area (Å²) in [5.41, 5.74) is 0.556. The number of nitroso groups, excluding NO2 is 1. The van der Waals surface area contributed by atoms with Crippen molar-refractivity contribution in [2.24, 2.45) is 5.18 Å². The standard InChI is InChI=1S/C11H10Cl2N2O2/c1-2-5-15-10-6(9(14-17)11(15)16)3-4-7(12)8(10)13/h3-4,16H,2,5H2,1H3. The number of hydrogen-bond donors (Lipinski definition) is 1. The Morgan fingerprint density at radius 1 is 1.41 bits per heavy atom. The number of nitrogens with zero attached hydrogens (tertiary/aromatic N) is 2. The molecule has 0 saturated carbocycles. The summed E-state index contributed by atoms with van der Waals surface area (Å²) in [4.78, 5) is 10.8. The molecule has 90 valence electrons. The fourth-order valence-electron chi connectivity index (χ4n) is 1.88. The van der Waals surface area contributed by atoms with Gasteiger partial charge in [-0.3, -0.25) is 0 Å². The van der Waals surface area contributed by atoms with Crippen LogP contribution in [-0.4, -0.2) is 9.67 Å². The van der Waals surface area contributed by atoms with Crippen molar-refractivity contribution in [1.82, 2.24) is 4.57 Å². The van der Waals surface area contributed by atoms with E-state index in [1.165, 1.54) is 0 Å². The van der Waals surface area contributed by atoms with Gasteiger partial charge in [-0.1, -0.05) is 30.1 Å². The largest absolute Gasteiger partial charge is 0.493 e. The highest BCUT2D eigenvalue weighted by molar-refractivity contribution is 6.45. The van der Waals surface area contributed by atoms with E-state index >= 15 is 0 Å². The van der Waals surface area contributed by atoms with Crippen LogP contribution in [0.4, 0.5) is 5.69 Å². The van der Waals surface area contributed by atoms with E-state index < -0.39 is 0 Å². The number of aromatic hydroxyl groups is 1. The molecule has 0 aliphatic heterocycles. The molecule has 0 unspecified atom stereocenters. The first-order valence-corrected chi connectivity index (χ1v) is 5.89. The van der Waals surface area contributed by atoms with Gasteiger partial charge in [-0.2, -0.15) is 0 Å². The van der Waals surface area contributed by atoms with Gasteiger partial charge in [0.15, 0.2) is 5.69 Å². The Kier molecular flexibility index (Phi) is 3.26. The molecule has 0 fully saturated rings. The molecule has 0 atom stereocenters. The van der Waals surface area contributed by atoms with E-state index in [0.717, 1.165) is 6.42 Å². The van der Waals surface area contributed by atoms with Crippen LogP contribution in [0.5, 0.6) is 5.88 Å². The quantitative estimate of drug-likeness (QED) is 0.839. The molecule has 1 aromatic heterocycles. The van der Waals surface area contributed by atoms with Gasteiger partial charge in [-0.05, 0) is 23.7 Å². The molecule has 1 N–H and O–H groups in total. The van der Waals surface area contributed by atoms with E-state index in [-0.39, 0.29) is 11.6 Å². The van der Waals surface area contributed by atoms with Gasteiger partial charge in [0.05, 0.1) is 15.6 Å². The van der Waals surface area contributed by atoms with Crippen molar-refractivity contribution in [3.63, 3.8) is 0 Å². The summed E-state index contributed by atoms with van der Waals surface area (Å²) >= 11 is 12.0. The average Bonchev–Trinajstić information content (AvgIpc) is 2.58. The third-order valence-corrected chi connectivity index (χ3v) is 3.39. The van der Waals surface area contributed by atoms with Gasteiger partial charge >= 0.3 is 0 Å². The summed E-state index contributed by atoms with van der Waals surface area (Å²) in [5, 5.41) is 14.0. The smallest absolute Gasteiger partial charge is 0.222 e. The zero-order valence-corrected chi connectivity index (χ0v) is 10.6. The van der Waals surface area contributed by atoms with Gasteiger partial charge in [0.2, 0.25) is 5.88 Å². The highest BCUT2D eigenvalue weighted by Gasteiger charge is 2.20. The topological polar surface area (TPSA) is 54.6 Å². The maximum absolute atomic E-state index is 10.8. The number of halogens is 2. The number of hydrogen-bond acceptors (Lipinski definition) is 3. The Morgan fingerprint density at radius 2 is 2.12 bits per heavy atom. The summed E-state index contributed by atoms with van der Waals surface area (Å²) in [6.07, 6.45) is 0.790. The second-order valence-corrected chi connectivity index (χ2v) is 4.46. The minimum Gasteiger partial charge on any atom is -0.493 e. The predicted molar refractivity (Wildman–Crippen MR) is 69.4 cm³/mol. The summed E-state index contributed by atoms with van der Waals surface area (Å²) in [5.74, 6) is -0.166. The maximum Gasteiger partial charge on any atom is 0.222 e. The Labute approximate surface area is 108 Å². The van der Waals surface area contributed by atoms with Crippen molar-refractivity contribution in [3.05, 3.63) is 27.1 Å². The number of fused-ring (bicyclic) bond motifs is 1. The molecule has 0 saturated heterocycles. The highest BCUT2D eigenvalue weighted by Crippen LogP contribution is 2.43. The van der Waals surface area contributed by atoms with Crippen LogP contribution in [0.15, 0.2) is 17.3 Å². The van der Waals surface area contributed by atoms with Gasteiger partial charge < -0.3 is 9.67 Å². The molecule has 0 radical (unpaired) electrons. The molecule has 4 nitrogen and oxygen atoms in total. The Hall–Kier alpha value is -1.26. The van der Waals surface area contributed by atoms with Crippen LogP contribution in [0, 0.1) is 4.91 Å². The van der Waals surface area contributed by atoms with E-state index in [4.69, 9.17) is 23.2 Å². The van der Waals surface area contributed by atoms with Crippen LogP contribution >= 0.6 is 23.2 Å². The minimum atomic E-state index is -0.166. The lowest BCUT2D eigenvalue weighted by molar-refractivity contribution is 0.421. The van der Waals surface area contributed by atoms with Gasteiger partial charge in [0.1, 0.15) is 0 Å². The first-order chi connectivity index (χ1) is 8.11. The minimum absolute atomic E-state index is 0.00650. The van der Waals surface area contributed by atoms with E-state index in [1.807, 2.05) is 6.92 Å². The molecule has 6 heteroatoms. The van der Waals surface area contributed by atoms with Gasteiger partial charge in [0, 0.05) is 11.9 Å². The summed E-state index contributed by atoms with van der Waals surface area (Å²) < 4.78 is 1.56. The Bertz CT molecular complexity index is 593. The molecule has 1 aromatic carbocycles. The molecule has 2 aromatic rings. The third kappa shape index (κ3) is 1.77. The molecule has 0 aliphatic carbocycles. The maximum atomic E-state index is 10.8. The van der Waals surface area contributed by atoms with Crippen LogP contribution in [0.25, 0.3) is 10.9 Å². The zero-order chi connectivity index (χ0) is 12.6. The number of benzene rings is 1. The Balaban J connectivity index is 2.91. The lowest BCUT2D eigenvalue weighted by Crippen LogP contribution is -1.95. The third-order valence-electron chi connectivity index (χ3n) is 2.60. The number of aromatic nitrogens is 1. The van der Waals surface area contributed by atoms with E-state index in [1.54, 1.807) is 16.7 Å². The van der Waals surface area contributed by atoms with E-state index in [2.05, 4.69) is 5.18 Å². The molecule has 0 aliphatic rings. The average molecular weight is 273 g/mol. The van der Waals surface area contributed by atoms with Crippen molar-refractivity contribution in [2.75, 3.05) is 0 Å². The Morgan fingerprint density at radius 3 is 2.71 bits per heavy atom. The second-order valence-electron chi connectivity index (χ2n) is 3.67. The van der Waals surface area contributed by atoms with Crippen molar-refractivity contribution in [2.45, 2.75) is 19.9 Å². The zero-order valence-electron chi connectivity index (χ0n) is 9.07. The van der Waals surface area contributed by atoms with Crippen molar-refractivity contribution >= 4 is 39.8 Å². The van der Waals surface area contributed by atoms with Crippen molar-refractivity contribution < 1.29 is 5.11 Å². The van der Waals surface area contributed by atoms with Crippen molar-refractivity contribution in [3.8, 4) is 5.88 Å². The summed E-state index contributed by atoms with van der Waals surface area (Å²) in [6, 6.07) is 3.21. The normalized spacial score (nSPS) is 11.0. The SMILES string of the molecule is CCCn1c(O)c(N=O)c2ccc(Cl)c(Cl)c21. The lowest BCUT2D eigenvalue weighted by Gasteiger charge is -2.06. The van der Waals surface area contributed by atoms with Gasteiger partial charge in [-0.15, -0.1) is 4.91 Å². The highest BCUT2D eigenvalue weighted by atomic mass is 35.5. The first kappa shape index (κ1) is 12.2. The fraction of sp³-hybridized carbons (Fsp3) is 0.273.